The van der Waals surface area contributed by atoms with Crippen molar-refractivity contribution in [3.8, 4) is 11.8 Å². The number of fused-ring (bicyclic) bond motifs is 4. The quantitative estimate of drug-likeness (QED) is 0.257. The second-order valence-electron chi connectivity index (χ2n) is 16.5. The van der Waals surface area contributed by atoms with Crippen molar-refractivity contribution in [1.29, 1.82) is 5.26 Å². The Balaban J connectivity index is 0.691. The maximum absolute atomic E-state index is 13.7. The summed E-state index contributed by atoms with van der Waals surface area (Å²) < 4.78 is 12.0. The number of carbonyl (C=O) groups excluding carboxylic acids is 4. The van der Waals surface area contributed by atoms with Crippen LogP contribution in [-0.4, -0.2) is 109 Å². The number of piperidine rings is 1. The molecule has 0 spiro atoms. The van der Waals surface area contributed by atoms with E-state index >= 15 is 0 Å². The second-order valence-corrected chi connectivity index (χ2v) is 16.9. The van der Waals surface area contributed by atoms with Gasteiger partial charge in [0.1, 0.15) is 24.0 Å². The number of epoxide rings is 1. The fourth-order valence-corrected chi connectivity index (χ4v) is 10.0. The van der Waals surface area contributed by atoms with Gasteiger partial charge in [-0.2, -0.15) is 5.26 Å². The Morgan fingerprint density at radius 1 is 0.842 bits per heavy atom. The molecule has 3 unspecified atom stereocenters. The molecular formula is C43H44ClN7O6. The summed E-state index contributed by atoms with van der Waals surface area (Å²) in [5, 5.41) is 11.9. The number of anilines is 2. The molecule has 10 rings (SSSR count). The van der Waals surface area contributed by atoms with Crippen LogP contribution >= 0.6 is 11.6 Å². The third-order valence-electron chi connectivity index (χ3n) is 13.0. The number of hydrogen-bond acceptors (Lipinski definition) is 10. The van der Waals surface area contributed by atoms with Crippen molar-refractivity contribution < 1.29 is 28.7 Å². The molecule has 5 fully saturated rings. The van der Waals surface area contributed by atoms with Gasteiger partial charge in [0.25, 0.3) is 11.8 Å². The summed E-state index contributed by atoms with van der Waals surface area (Å²) in [4.78, 5) is 62.4. The minimum Gasteiger partial charge on any atom is -0.490 e. The van der Waals surface area contributed by atoms with Crippen LogP contribution in [0.1, 0.15) is 82.0 Å². The van der Waals surface area contributed by atoms with E-state index in [4.69, 9.17) is 26.3 Å². The van der Waals surface area contributed by atoms with Crippen LogP contribution in [0, 0.1) is 17.2 Å². The molecule has 0 bridgehead atoms. The molecule has 0 radical (unpaired) electrons. The molecule has 4 amide bonds. The number of amides is 4. The maximum Gasteiger partial charge on any atom is 0.257 e. The van der Waals surface area contributed by atoms with Gasteiger partial charge in [-0.3, -0.25) is 34.3 Å². The highest BCUT2D eigenvalue weighted by atomic mass is 35.5. The molecule has 13 nitrogen and oxygen atoms in total. The van der Waals surface area contributed by atoms with Crippen molar-refractivity contribution in [2.24, 2.45) is 5.92 Å². The fourth-order valence-electron chi connectivity index (χ4n) is 9.84. The van der Waals surface area contributed by atoms with Gasteiger partial charge in [0.05, 0.1) is 16.7 Å². The molecule has 1 N–H and O–H groups in total. The molecule has 3 atom stereocenters. The van der Waals surface area contributed by atoms with E-state index in [0.29, 0.717) is 40.8 Å². The number of rotatable bonds is 8. The van der Waals surface area contributed by atoms with E-state index in [-0.39, 0.29) is 42.4 Å². The van der Waals surface area contributed by atoms with Crippen LogP contribution in [0.2, 0.25) is 5.02 Å². The van der Waals surface area contributed by atoms with Crippen LogP contribution in [-0.2, 0) is 20.9 Å². The summed E-state index contributed by atoms with van der Waals surface area (Å²) in [7, 11) is 0. The largest absolute Gasteiger partial charge is 0.490 e. The topological polar surface area (TPSA) is 142 Å². The van der Waals surface area contributed by atoms with Crippen molar-refractivity contribution in [1.82, 2.24) is 20.0 Å². The Labute approximate surface area is 336 Å². The molecule has 4 saturated heterocycles. The lowest BCUT2D eigenvalue weighted by molar-refractivity contribution is -0.137. The zero-order valence-electron chi connectivity index (χ0n) is 31.6. The summed E-state index contributed by atoms with van der Waals surface area (Å²) >= 11 is 6.20. The van der Waals surface area contributed by atoms with Gasteiger partial charge in [0.2, 0.25) is 11.8 Å². The fraction of sp³-hybridized carbons (Fsp3) is 0.465. The Morgan fingerprint density at radius 3 is 2.37 bits per heavy atom. The number of halogens is 1. The van der Waals surface area contributed by atoms with E-state index in [9.17, 15) is 19.2 Å². The van der Waals surface area contributed by atoms with Crippen LogP contribution in [0.4, 0.5) is 11.4 Å². The average molecular weight is 790 g/mol. The lowest BCUT2D eigenvalue weighted by atomic mass is 9.92. The molecule has 7 aliphatic rings. The highest BCUT2D eigenvalue weighted by Gasteiger charge is 2.56. The SMILES string of the molecule is N#Cc1ccc(OC2CCC(N3Cc4cc(N5CCN(CC6CN(c7ccc8c(c7)C(=O)N(C7CCC(=O)NC7=O)C7OC87)C6)CC5)ccc4C3=O)CC2)cc1Cl. The van der Waals surface area contributed by atoms with E-state index in [1.807, 2.05) is 18.2 Å². The molecule has 14 heteroatoms. The van der Waals surface area contributed by atoms with Crippen LogP contribution < -0.4 is 19.9 Å². The summed E-state index contributed by atoms with van der Waals surface area (Å²) in [5.74, 6) is 0.394. The Bertz CT molecular complexity index is 2210. The minimum absolute atomic E-state index is 0.0584. The van der Waals surface area contributed by atoms with E-state index in [1.54, 1.807) is 18.2 Å². The number of hydrogen-bond donors (Lipinski definition) is 1. The molecule has 6 heterocycles. The van der Waals surface area contributed by atoms with Gasteiger partial charge in [-0.05, 0) is 85.7 Å². The number of carbonyl (C=O) groups is 4. The molecule has 3 aromatic rings. The first kappa shape index (κ1) is 36.2. The van der Waals surface area contributed by atoms with Gasteiger partial charge in [-0.1, -0.05) is 17.7 Å². The standard InChI is InChI=1S/C43H44ClN7O6/c44-36-19-32(6-1-26(36)20-45)56-31-7-2-28(3-8-31)50-24-27-17-29(4-9-33(27)41(50)54)48-15-13-47(14-16-48)21-25-22-49(23-25)30-5-10-34-35(18-30)42(55)51(43-39(34)57-43)37-11-12-38(52)46-40(37)53/h1,4-6,9-10,17-19,25,28,31,37,39,43H,2-3,7-8,11-16,21-24H2,(H,46,52,53). The zero-order chi connectivity index (χ0) is 38.9. The number of ether oxygens (including phenoxy) is 2. The van der Waals surface area contributed by atoms with Crippen LogP contribution in [0.5, 0.6) is 5.75 Å². The molecule has 1 saturated carbocycles. The van der Waals surface area contributed by atoms with Crippen molar-refractivity contribution in [3.63, 3.8) is 0 Å². The number of benzene rings is 3. The summed E-state index contributed by atoms with van der Waals surface area (Å²) in [6.45, 7) is 7.33. The van der Waals surface area contributed by atoms with E-state index in [2.05, 4.69) is 49.2 Å². The first-order chi connectivity index (χ1) is 27.7. The number of nitrogens with zero attached hydrogens (tertiary/aromatic N) is 6. The van der Waals surface area contributed by atoms with Crippen molar-refractivity contribution in [2.75, 3.05) is 55.6 Å². The van der Waals surface area contributed by atoms with Crippen molar-refractivity contribution >= 4 is 46.6 Å². The first-order valence-electron chi connectivity index (χ1n) is 20.2. The molecule has 0 aromatic heterocycles. The minimum atomic E-state index is -0.694. The van der Waals surface area contributed by atoms with Gasteiger partial charge in [0.15, 0.2) is 6.23 Å². The number of imide groups is 1. The first-order valence-corrected chi connectivity index (χ1v) is 20.6. The molecule has 1 aliphatic carbocycles. The predicted molar refractivity (Wildman–Crippen MR) is 210 cm³/mol. The van der Waals surface area contributed by atoms with Gasteiger partial charge < -0.3 is 24.2 Å². The Kier molecular flexibility index (Phi) is 9.11. The monoisotopic (exact) mass is 789 g/mol. The number of nitrogens with one attached hydrogen (secondary N) is 1. The smallest absolute Gasteiger partial charge is 0.257 e. The van der Waals surface area contributed by atoms with Crippen molar-refractivity contribution in [2.45, 2.75) is 75.6 Å². The van der Waals surface area contributed by atoms with E-state index in [0.717, 1.165) is 93.9 Å². The third-order valence-corrected chi connectivity index (χ3v) is 13.4. The van der Waals surface area contributed by atoms with Gasteiger partial charge in [-0.25, -0.2) is 0 Å². The van der Waals surface area contributed by atoms with Gasteiger partial charge in [-0.15, -0.1) is 0 Å². The van der Waals surface area contributed by atoms with Crippen molar-refractivity contribution in [3.05, 3.63) is 87.4 Å². The van der Waals surface area contributed by atoms with E-state index in [1.165, 1.54) is 10.6 Å². The highest BCUT2D eigenvalue weighted by molar-refractivity contribution is 6.31. The molecule has 6 aliphatic heterocycles. The Morgan fingerprint density at radius 2 is 1.61 bits per heavy atom. The molecule has 57 heavy (non-hydrogen) atoms. The average Bonchev–Trinajstić information content (AvgIpc) is 3.93. The molecular weight excluding hydrogens is 746 g/mol. The second kappa shape index (κ2) is 14.3. The van der Waals surface area contributed by atoms with Gasteiger partial charge >= 0.3 is 0 Å². The van der Waals surface area contributed by atoms with Crippen LogP contribution in [0.25, 0.3) is 0 Å². The molecule has 294 valence electrons. The maximum atomic E-state index is 13.7. The number of piperazine rings is 1. The predicted octanol–water partition coefficient (Wildman–Crippen LogP) is 4.47. The zero-order valence-corrected chi connectivity index (χ0v) is 32.3. The summed E-state index contributed by atoms with van der Waals surface area (Å²) in [6, 6.07) is 19.1. The highest BCUT2D eigenvalue weighted by Crippen LogP contribution is 2.49. The van der Waals surface area contributed by atoms with Gasteiger partial charge in [0, 0.05) is 99.3 Å². The van der Waals surface area contributed by atoms with Crippen LogP contribution in [0.3, 0.4) is 0 Å². The Hall–Kier alpha value is -5.16. The third kappa shape index (κ3) is 6.67. The summed E-state index contributed by atoms with van der Waals surface area (Å²) in [5.41, 5.74) is 6.00. The lowest BCUT2D eigenvalue weighted by Gasteiger charge is -2.45. The lowest BCUT2D eigenvalue weighted by Crippen LogP contribution is -2.56. The number of nitriles is 1. The summed E-state index contributed by atoms with van der Waals surface area (Å²) in [6.07, 6.45) is 3.39. The van der Waals surface area contributed by atoms with E-state index < -0.39 is 18.2 Å². The van der Waals surface area contributed by atoms with Crippen LogP contribution in [0.15, 0.2) is 54.6 Å². The molecule has 3 aromatic carbocycles. The normalized spacial score (nSPS) is 27.3.